The van der Waals surface area contributed by atoms with E-state index in [0.717, 1.165) is 25.3 Å². The van der Waals surface area contributed by atoms with Gasteiger partial charge < -0.3 is 4.74 Å². The van der Waals surface area contributed by atoms with Crippen LogP contribution in [0.3, 0.4) is 0 Å². The van der Waals surface area contributed by atoms with Gasteiger partial charge in [0.15, 0.2) is 0 Å². The average Bonchev–Trinajstić information content (AvgIpc) is 2.53. The van der Waals surface area contributed by atoms with Crippen LogP contribution < -0.4 is 0 Å². The van der Waals surface area contributed by atoms with Gasteiger partial charge in [-0.3, -0.25) is 0 Å². The minimum Gasteiger partial charge on any atom is -0.465 e. The number of sulfone groups is 1. The van der Waals surface area contributed by atoms with Gasteiger partial charge in [-0.15, -0.1) is 0 Å². The van der Waals surface area contributed by atoms with Crippen LogP contribution in [0, 0.1) is 0 Å². The summed E-state index contributed by atoms with van der Waals surface area (Å²) in [5.41, 5.74) is -1.66. The average molecular weight is 423 g/mol. The fourth-order valence-corrected chi connectivity index (χ4v) is 4.07. The van der Waals surface area contributed by atoms with Crippen LogP contribution in [-0.2, 0) is 20.8 Å². The molecular formula is C15H10BrF3O4S. The van der Waals surface area contributed by atoms with Crippen molar-refractivity contribution in [1.29, 1.82) is 0 Å². The summed E-state index contributed by atoms with van der Waals surface area (Å²) < 4.78 is 69.7. The third kappa shape index (κ3) is 3.46. The summed E-state index contributed by atoms with van der Waals surface area (Å²) in [5, 5.41) is 0. The minimum atomic E-state index is -4.86. The van der Waals surface area contributed by atoms with Crippen LogP contribution in [0.15, 0.2) is 56.7 Å². The van der Waals surface area contributed by atoms with E-state index in [1.54, 1.807) is 0 Å². The molecule has 0 aromatic heterocycles. The molecule has 0 saturated heterocycles. The van der Waals surface area contributed by atoms with Gasteiger partial charge in [0, 0.05) is 4.47 Å². The first-order valence-corrected chi connectivity index (χ1v) is 8.66. The van der Waals surface area contributed by atoms with E-state index in [2.05, 4.69) is 20.7 Å². The van der Waals surface area contributed by atoms with Gasteiger partial charge in [0.2, 0.25) is 9.84 Å². The first kappa shape index (κ1) is 18.5. The van der Waals surface area contributed by atoms with E-state index in [-0.39, 0.29) is 5.56 Å². The van der Waals surface area contributed by atoms with Crippen molar-refractivity contribution in [2.75, 3.05) is 7.11 Å². The van der Waals surface area contributed by atoms with Gasteiger partial charge in [-0.1, -0.05) is 28.1 Å². The number of methoxy groups -OCH3 is 1. The molecule has 0 N–H and O–H groups in total. The van der Waals surface area contributed by atoms with Crippen molar-refractivity contribution in [1.82, 2.24) is 0 Å². The Hall–Kier alpha value is -1.87. The lowest BCUT2D eigenvalue weighted by atomic mass is 10.2. The zero-order chi connectivity index (χ0) is 18.1. The number of alkyl halides is 3. The maximum atomic E-state index is 13.1. The molecule has 128 valence electrons. The highest BCUT2D eigenvalue weighted by Gasteiger charge is 2.38. The molecule has 24 heavy (non-hydrogen) atoms. The first-order chi connectivity index (χ1) is 11.1. The number of esters is 1. The molecular weight excluding hydrogens is 413 g/mol. The van der Waals surface area contributed by atoms with E-state index in [0.29, 0.717) is 10.5 Å². The van der Waals surface area contributed by atoms with Crippen LogP contribution in [0.25, 0.3) is 0 Å². The lowest BCUT2D eigenvalue weighted by Gasteiger charge is -2.15. The fourth-order valence-electron chi connectivity index (χ4n) is 2.06. The predicted molar refractivity (Wildman–Crippen MR) is 82.4 cm³/mol. The molecule has 2 aromatic rings. The third-order valence-corrected chi connectivity index (χ3v) is 5.48. The highest BCUT2D eigenvalue weighted by molar-refractivity contribution is 9.10. The number of benzene rings is 2. The van der Waals surface area contributed by atoms with Crippen molar-refractivity contribution in [3.8, 4) is 0 Å². The Balaban J connectivity index is 2.77. The van der Waals surface area contributed by atoms with Gasteiger partial charge in [-0.05, 0) is 30.3 Å². The zero-order valence-corrected chi connectivity index (χ0v) is 14.5. The highest BCUT2D eigenvalue weighted by atomic mass is 79.9. The molecule has 0 fully saturated rings. The lowest BCUT2D eigenvalue weighted by Crippen LogP contribution is -2.16. The van der Waals surface area contributed by atoms with Crippen molar-refractivity contribution in [2.45, 2.75) is 16.0 Å². The Labute approximate surface area is 144 Å². The summed E-state index contributed by atoms with van der Waals surface area (Å²) in [7, 11) is -3.55. The van der Waals surface area contributed by atoms with E-state index < -0.39 is 37.3 Å². The number of ether oxygens (including phenoxy) is 1. The maximum absolute atomic E-state index is 13.1. The topological polar surface area (TPSA) is 60.4 Å². The van der Waals surface area contributed by atoms with Gasteiger partial charge in [0.05, 0.1) is 28.0 Å². The van der Waals surface area contributed by atoms with Gasteiger partial charge in [0.1, 0.15) is 0 Å². The number of hydrogen-bond acceptors (Lipinski definition) is 4. The molecule has 0 saturated carbocycles. The number of carbonyl (C=O) groups is 1. The van der Waals surface area contributed by atoms with E-state index in [4.69, 9.17) is 0 Å². The van der Waals surface area contributed by atoms with Gasteiger partial charge in [0.25, 0.3) is 0 Å². The molecule has 0 spiro atoms. The SMILES string of the molecule is COC(=O)c1cc(Br)ccc1S(=O)(=O)c1ccccc1C(F)(F)F. The maximum Gasteiger partial charge on any atom is 0.417 e. The lowest BCUT2D eigenvalue weighted by molar-refractivity contribution is -0.139. The quantitative estimate of drug-likeness (QED) is 0.698. The van der Waals surface area contributed by atoms with Crippen molar-refractivity contribution in [3.05, 3.63) is 58.1 Å². The molecule has 0 aliphatic rings. The van der Waals surface area contributed by atoms with E-state index >= 15 is 0 Å². The van der Waals surface area contributed by atoms with Crippen LogP contribution >= 0.6 is 15.9 Å². The molecule has 0 aliphatic carbocycles. The molecule has 0 heterocycles. The first-order valence-electron chi connectivity index (χ1n) is 6.38. The van der Waals surface area contributed by atoms with Crippen molar-refractivity contribution in [2.24, 2.45) is 0 Å². The number of carbonyl (C=O) groups excluding carboxylic acids is 1. The van der Waals surface area contributed by atoms with Gasteiger partial charge in [-0.2, -0.15) is 13.2 Å². The summed E-state index contributed by atoms with van der Waals surface area (Å²) in [6.45, 7) is 0. The van der Waals surface area contributed by atoms with Crippen LogP contribution in [-0.4, -0.2) is 21.5 Å². The largest absolute Gasteiger partial charge is 0.465 e. The standard InChI is InChI=1S/C15H10BrF3O4S/c1-23-14(20)10-8-9(16)6-7-12(10)24(21,22)13-5-3-2-4-11(13)15(17,18)19/h2-8H,1H3. The third-order valence-electron chi connectivity index (χ3n) is 3.12. The van der Waals surface area contributed by atoms with Crippen LogP contribution in [0.2, 0.25) is 0 Å². The van der Waals surface area contributed by atoms with E-state index in [1.807, 2.05) is 0 Å². The smallest absolute Gasteiger partial charge is 0.417 e. The second kappa shape index (κ2) is 6.56. The van der Waals surface area contributed by atoms with Gasteiger partial charge >= 0.3 is 12.1 Å². The number of rotatable bonds is 3. The molecule has 0 amide bonds. The Morgan fingerprint density at radius 3 is 2.29 bits per heavy atom. The van der Waals surface area contributed by atoms with Crippen molar-refractivity contribution < 1.29 is 31.1 Å². The van der Waals surface area contributed by atoms with Gasteiger partial charge in [-0.25, -0.2) is 13.2 Å². The second-order valence-corrected chi connectivity index (χ2v) is 7.43. The monoisotopic (exact) mass is 422 g/mol. The van der Waals surface area contributed by atoms with Crippen LogP contribution in [0.4, 0.5) is 13.2 Å². The van der Waals surface area contributed by atoms with Crippen molar-refractivity contribution >= 4 is 31.7 Å². The summed E-state index contributed by atoms with van der Waals surface area (Å²) in [4.78, 5) is 10.3. The minimum absolute atomic E-state index is 0.358. The molecule has 2 aromatic carbocycles. The number of hydrogen-bond donors (Lipinski definition) is 0. The van der Waals surface area contributed by atoms with E-state index in [1.165, 1.54) is 18.2 Å². The summed E-state index contributed by atoms with van der Waals surface area (Å²) in [5.74, 6) is -0.973. The Bertz CT molecular complexity index is 892. The second-order valence-electron chi connectivity index (χ2n) is 4.63. The number of halogens is 4. The summed E-state index contributed by atoms with van der Waals surface area (Å²) in [6, 6.07) is 7.33. The summed E-state index contributed by atoms with van der Waals surface area (Å²) in [6.07, 6.45) is -4.86. The summed E-state index contributed by atoms with van der Waals surface area (Å²) >= 11 is 3.08. The Morgan fingerprint density at radius 2 is 1.71 bits per heavy atom. The van der Waals surface area contributed by atoms with Crippen LogP contribution in [0.1, 0.15) is 15.9 Å². The molecule has 0 atom stereocenters. The molecule has 0 aliphatic heterocycles. The zero-order valence-electron chi connectivity index (χ0n) is 12.1. The molecule has 2 rings (SSSR count). The highest BCUT2D eigenvalue weighted by Crippen LogP contribution is 2.37. The Kier molecular flexibility index (Phi) is 5.05. The predicted octanol–water partition coefficient (Wildman–Crippen LogP) is 4.09. The Morgan fingerprint density at radius 1 is 1.08 bits per heavy atom. The normalized spacial score (nSPS) is 12.0. The molecule has 0 bridgehead atoms. The molecule has 9 heteroatoms. The molecule has 0 radical (unpaired) electrons. The van der Waals surface area contributed by atoms with Crippen LogP contribution in [0.5, 0.6) is 0 Å². The van der Waals surface area contributed by atoms with Crippen molar-refractivity contribution in [3.63, 3.8) is 0 Å². The molecule has 0 unspecified atom stereocenters. The molecule has 4 nitrogen and oxygen atoms in total. The van der Waals surface area contributed by atoms with E-state index in [9.17, 15) is 26.4 Å². The fraction of sp³-hybridized carbons (Fsp3) is 0.133.